The van der Waals surface area contributed by atoms with Gasteiger partial charge in [-0.1, -0.05) is 53.5 Å². The number of hydrogen-bond acceptors (Lipinski definition) is 2. The maximum atomic E-state index is 11.4. The Morgan fingerprint density at radius 3 is 2.28 bits per heavy atom. The van der Waals surface area contributed by atoms with Crippen molar-refractivity contribution in [3.63, 3.8) is 0 Å². The van der Waals surface area contributed by atoms with Crippen LogP contribution in [0.25, 0.3) is 0 Å². The van der Waals surface area contributed by atoms with Crippen molar-refractivity contribution in [1.82, 2.24) is 4.42 Å². The molecule has 1 heterocycles. The Bertz CT molecular complexity index is 521. The standard InChI is InChI=1S/C11H7Cl4NO2/c12-8-6-16(15)11(14,9(17)18)10(8,13)7-4-2-1-3-5-7/h1-6H,(H,17,18). The Hall–Kier alpha value is -0.610. The predicted molar refractivity (Wildman–Crippen MR) is 71.8 cm³/mol. The number of carboxylic acids is 1. The second kappa shape index (κ2) is 4.49. The van der Waals surface area contributed by atoms with Crippen LogP contribution >= 0.6 is 46.6 Å². The summed E-state index contributed by atoms with van der Waals surface area (Å²) < 4.78 is 0.777. The van der Waals surface area contributed by atoms with E-state index in [1.54, 1.807) is 30.3 Å². The van der Waals surface area contributed by atoms with Crippen LogP contribution in [-0.4, -0.2) is 20.5 Å². The Balaban J connectivity index is 2.66. The molecule has 1 aliphatic rings. The van der Waals surface area contributed by atoms with E-state index in [4.69, 9.17) is 46.6 Å². The molecule has 2 atom stereocenters. The summed E-state index contributed by atoms with van der Waals surface area (Å²) in [4.78, 5) is 7.70. The zero-order valence-electron chi connectivity index (χ0n) is 8.78. The highest BCUT2D eigenvalue weighted by Crippen LogP contribution is 2.57. The molecule has 0 saturated carbocycles. The van der Waals surface area contributed by atoms with Crippen LogP contribution in [0.15, 0.2) is 41.6 Å². The number of alkyl halides is 2. The molecule has 0 saturated heterocycles. The summed E-state index contributed by atoms with van der Waals surface area (Å²) >= 11 is 24.4. The van der Waals surface area contributed by atoms with Gasteiger partial charge >= 0.3 is 5.97 Å². The lowest BCUT2D eigenvalue weighted by Crippen LogP contribution is -2.53. The minimum atomic E-state index is -2.09. The van der Waals surface area contributed by atoms with E-state index in [0.29, 0.717) is 5.56 Å². The highest BCUT2D eigenvalue weighted by molar-refractivity contribution is 6.50. The van der Waals surface area contributed by atoms with Gasteiger partial charge in [-0.25, -0.2) is 4.79 Å². The van der Waals surface area contributed by atoms with E-state index in [0.717, 1.165) is 4.42 Å². The smallest absolute Gasteiger partial charge is 0.349 e. The first-order valence-electron chi connectivity index (χ1n) is 4.84. The lowest BCUT2D eigenvalue weighted by molar-refractivity contribution is -0.143. The highest BCUT2D eigenvalue weighted by Gasteiger charge is 2.65. The van der Waals surface area contributed by atoms with Gasteiger partial charge in [0.15, 0.2) is 4.87 Å². The van der Waals surface area contributed by atoms with Crippen molar-refractivity contribution in [3.05, 3.63) is 47.1 Å². The fourth-order valence-electron chi connectivity index (χ4n) is 1.82. The third kappa shape index (κ3) is 1.62. The minimum absolute atomic E-state index is 0.0442. The Labute approximate surface area is 124 Å². The van der Waals surface area contributed by atoms with E-state index < -0.39 is 15.8 Å². The molecule has 0 aromatic heterocycles. The third-order valence-corrected chi connectivity index (χ3v) is 5.10. The molecule has 18 heavy (non-hydrogen) atoms. The van der Waals surface area contributed by atoms with Crippen LogP contribution in [0.3, 0.4) is 0 Å². The van der Waals surface area contributed by atoms with Gasteiger partial charge in [0.1, 0.15) is 0 Å². The van der Waals surface area contributed by atoms with Crippen LogP contribution < -0.4 is 0 Å². The number of carbonyl (C=O) groups is 1. The lowest BCUT2D eigenvalue weighted by atomic mass is 9.91. The third-order valence-electron chi connectivity index (χ3n) is 2.76. The van der Waals surface area contributed by atoms with Crippen LogP contribution in [0, 0.1) is 0 Å². The van der Waals surface area contributed by atoms with Crippen LogP contribution in [0.1, 0.15) is 5.56 Å². The number of carboxylic acid groups (broad SMARTS) is 1. The molecule has 7 heteroatoms. The van der Waals surface area contributed by atoms with Gasteiger partial charge < -0.3 is 5.11 Å². The number of nitrogens with zero attached hydrogens (tertiary/aromatic N) is 1. The van der Waals surface area contributed by atoms with Gasteiger partial charge in [0.05, 0.1) is 5.03 Å². The molecule has 96 valence electrons. The van der Waals surface area contributed by atoms with Crippen molar-refractivity contribution < 1.29 is 9.90 Å². The van der Waals surface area contributed by atoms with Crippen LogP contribution in [0.2, 0.25) is 0 Å². The Kier molecular flexibility index (Phi) is 3.45. The quantitative estimate of drug-likeness (QED) is 0.512. The molecule has 1 aliphatic heterocycles. The van der Waals surface area contributed by atoms with E-state index in [1.807, 2.05) is 0 Å². The summed E-state index contributed by atoms with van der Waals surface area (Å²) in [6.07, 6.45) is 1.20. The van der Waals surface area contributed by atoms with Gasteiger partial charge in [0.2, 0.25) is 0 Å². The van der Waals surface area contributed by atoms with Gasteiger partial charge in [0, 0.05) is 18.0 Å². The second-order valence-electron chi connectivity index (χ2n) is 3.74. The highest BCUT2D eigenvalue weighted by atomic mass is 35.5. The van der Waals surface area contributed by atoms with Crippen molar-refractivity contribution in [2.24, 2.45) is 0 Å². The summed E-state index contributed by atoms with van der Waals surface area (Å²) in [6, 6.07) is 8.46. The molecule has 3 nitrogen and oxygen atoms in total. The van der Waals surface area contributed by atoms with E-state index >= 15 is 0 Å². The summed E-state index contributed by atoms with van der Waals surface area (Å²) in [6.45, 7) is 0. The number of hydrogen-bond donors (Lipinski definition) is 1. The van der Waals surface area contributed by atoms with Gasteiger partial charge in [-0.3, -0.25) is 4.42 Å². The molecular weight excluding hydrogens is 320 g/mol. The average molecular weight is 327 g/mol. The summed E-state index contributed by atoms with van der Waals surface area (Å²) in [5.74, 6) is -1.38. The van der Waals surface area contributed by atoms with E-state index in [2.05, 4.69) is 0 Å². The second-order valence-corrected chi connectivity index (χ2v) is 5.63. The zero-order chi connectivity index (χ0) is 13.6. The predicted octanol–water partition coefficient (Wildman–Crippen LogP) is 3.69. The fourth-order valence-corrected chi connectivity index (χ4v) is 3.21. The first-order valence-corrected chi connectivity index (χ1v) is 6.32. The average Bonchev–Trinajstić information content (AvgIpc) is 2.53. The normalized spacial score (nSPS) is 31.3. The molecule has 0 fully saturated rings. The number of halogens is 4. The van der Waals surface area contributed by atoms with Crippen molar-refractivity contribution in [2.45, 2.75) is 9.87 Å². The molecule has 2 unspecified atom stereocenters. The minimum Gasteiger partial charge on any atom is -0.478 e. The molecule has 1 N–H and O–H groups in total. The van der Waals surface area contributed by atoms with Gasteiger partial charge in [-0.05, 0) is 5.56 Å². The molecule has 0 aliphatic carbocycles. The number of rotatable bonds is 2. The molecule has 2 rings (SSSR count). The van der Waals surface area contributed by atoms with E-state index in [1.165, 1.54) is 6.20 Å². The molecule has 0 radical (unpaired) electrons. The largest absolute Gasteiger partial charge is 0.478 e. The lowest BCUT2D eigenvalue weighted by Gasteiger charge is -2.36. The van der Waals surface area contributed by atoms with Gasteiger partial charge in [0.25, 0.3) is 5.00 Å². The maximum absolute atomic E-state index is 11.4. The molecular formula is C11H7Cl4NO2. The van der Waals surface area contributed by atoms with Crippen molar-refractivity contribution in [1.29, 1.82) is 0 Å². The van der Waals surface area contributed by atoms with Crippen LogP contribution in [0.5, 0.6) is 0 Å². The first kappa shape index (κ1) is 13.8. The summed E-state index contributed by atoms with van der Waals surface area (Å²) in [7, 11) is 0. The van der Waals surface area contributed by atoms with Crippen LogP contribution in [0.4, 0.5) is 0 Å². The van der Waals surface area contributed by atoms with Crippen LogP contribution in [-0.2, 0) is 9.67 Å². The van der Waals surface area contributed by atoms with Gasteiger partial charge in [-0.15, -0.1) is 11.6 Å². The molecule has 0 bridgehead atoms. The maximum Gasteiger partial charge on any atom is 0.349 e. The van der Waals surface area contributed by atoms with Crippen molar-refractivity contribution in [3.8, 4) is 0 Å². The summed E-state index contributed by atoms with van der Waals surface area (Å²) in [5, 5.41) is 9.37. The SMILES string of the molecule is O=C(O)C1(Cl)N(Cl)C=C(Cl)C1(Cl)c1ccccc1. The number of aliphatic carboxylic acids is 1. The molecule has 0 spiro atoms. The topological polar surface area (TPSA) is 40.5 Å². The summed E-state index contributed by atoms with van der Waals surface area (Å²) in [5.41, 5.74) is 0.452. The Morgan fingerprint density at radius 1 is 1.22 bits per heavy atom. The Morgan fingerprint density at radius 2 is 1.78 bits per heavy atom. The monoisotopic (exact) mass is 325 g/mol. The van der Waals surface area contributed by atoms with Gasteiger partial charge in [-0.2, -0.15) is 0 Å². The number of benzene rings is 1. The first-order chi connectivity index (χ1) is 8.35. The van der Waals surface area contributed by atoms with Crippen molar-refractivity contribution in [2.75, 3.05) is 0 Å². The molecule has 1 aromatic rings. The molecule has 1 aromatic carbocycles. The van der Waals surface area contributed by atoms with E-state index in [9.17, 15) is 9.90 Å². The fraction of sp³-hybridized carbons (Fsp3) is 0.182. The molecule has 0 amide bonds. The van der Waals surface area contributed by atoms with Crippen molar-refractivity contribution >= 4 is 52.5 Å². The van der Waals surface area contributed by atoms with E-state index in [-0.39, 0.29) is 5.03 Å². The zero-order valence-corrected chi connectivity index (χ0v) is 11.8.